The molecule has 0 aliphatic rings. The Balaban J connectivity index is 1.76. The zero-order valence-electron chi connectivity index (χ0n) is 11.8. The van der Waals surface area contributed by atoms with Crippen LogP contribution in [0.1, 0.15) is 29.5 Å². The van der Waals surface area contributed by atoms with E-state index in [1.165, 1.54) is 5.56 Å². The molecule has 21 heavy (non-hydrogen) atoms. The topological polar surface area (TPSA) is 39.4 Å². The summed E-state index contributed by atoms with van der Waals surface area (Å²) in [5.41, 5.74) is 1.92. The Morgan fingerprint density at radius 1 is 1.10 bits per heavy atom. The maximum atomic E-state index is 12.1. The van der Waals surface area contributed by atoms with Gasteiger partial charge in [-0.1, -0.05) is 43.7 Å². The van der Waals surface area contributed by atoms with E-state index in [2.05, 4.69) is 6.92 Å². The second-order valence-corrected chi connectivity index (χ2v) is 4.93. The van der Waals surface area contributed by atoms with Gasteiger partial charge in [0.15, 0.2) is 0 Å². The molecule has 0 fully saturated rings. The fourth-order valence-electron chi connectivity index (χ4n) is 2.25. The number of furan rings is 1. The summed E-state index contributed by atoms with van der Waals surface area (Å²) in [6.07, 6.45) is 2.12. The van der Waals surface area contributed by atoms with Crippen molar-refractivity contribution in [1.29, 1.82) is 0 Å². The lowest BCUT2D eigenvalue weighted by atomic mass is 10.1. The molecule has 0 bridgehead atoms. The predicted octanol–water partition coefficient (Wildman–Crippen LogP) is 4.60. The summed E-state index contributed by atoms with van der Waals surface area (Å²) in [4.78, 5) is 12.1. The summed E-state index contributed by atoms with van der Waals surface area (Å²) in [7, 11) is 0. The van der Waals surface area contributed by atoms with Gasteiger partial charge in [-0.25, -0.2) is 4.79 Å². The lowest BCUT2D eigenvalue weighted by molar-refractivity contribution is 0.0704. The molecule has 1 aromatic heterocycles. The smallest absolute Gasteiger partial charge is 0.379 e. The predicted molar refractivity (Wildman–Crippen MR) is 81.6 cm³/mol. The molecule has 0 amide bonds. The van der Waals surface area contributed by atoms with E-state index >= 15 is 0 Å². The fraction of sp³-hybridized carbons (Fsp3) is 0.167. The van der Waals surface area contributed by atoms with Gasteiger partial charge in [0.25, 0.3) is 0 Å². The number of aryl methyl sites for hydroxylation is 1. The minimum absolute atomic E-state index is 0.217. The van der Waals surface area contributed by atoms with Crippen LogP contribution in [0, 0.1) is 0 Å². The van der Waals surface area contributed by atoms with Crippen LogP contribution in [-0.4, -0.2) is 5.97 Å². The van der Waals surface area contributed by atoms with Crippen LogP contribution in [0.15, 0.2) is 59.0 Å². The van der Waals surface area contributed by atoms with Crippen LogP contribution in [0.25, 0.3) is 11.0 Å². The first kappa shape index (κ1) is 13.4. The van der Waals surface area contributed by atoms with Crippen molar-refractivity contribution in [2.45, 2.75) is 19.8 Å². The third-order valence-electron chi connectivity index (χ3n) is 3.30. The lowest BCUT2D eigenvalue weighted by Crippen LogP contribution is -2.07. The molecule has 2 aromatic carbocycles. The highest BCUT2D eigenvalue weighted by Gasteiger charge is 2.14. The number of benzene rings is 2. The zero-order valence-corrected chi connectivity index (χ0v) is 11.8. The third-order valence-corrected chi connectivity index (χ3v) is 3.30. The van der Waals surface area contributed by atoms with E-state index in [-0.39, 0.29) is 5.76 Å². The van der Waals surface area contributed by atoms with Crippen LogP contribution in [0.2, 0.25) is 0 Å². The highest BCUT2D eigenvalue weighted by Crippen LogP contribution is 2.21. The van der Waals surface area contributed by atoms with Gasteiger partial charge in [0, 0.05) is 5.39 Å². The number of hydrogen-bond donors (Lipinski definition) is 0. The summed E-state index contributed by atoms with van der Waals surface area (Å²) in [5, 5.41) is 0.891. The average molecular weight is 280 g/mol. The maximum Gasteiger partial charge on any atom is 0.379 e. The van der Waals surface area contributed by atoms with Gasteiger partial charge < -0.3 is 9.15 Å². The van der Waals surface area contributed by atoms with Crippen molar-refractivity contribution in [3.8, 4) is 5.75 Å². The van der Waals surface area contributed by atoms with Gasteiger partial charge in [-0.05, 0) is 36.2 Å². The minimum atomic E-state index is -0.477. The van der Waals surface area contributed by atoms with Gasteiger partial charge in [-0.2, -0.15) is 0 Å². The zero-order chi connectivity index (χ0) is 14.7. The Morgan fingerprint density at radius 2 is 1.86 bits per heavy atom. The van der Waals surface area contributed by atoms with E-state index in [0.717, 1.165) is 18.2 Å². The second kappa shape index (κ2) is 5.83. The van der Waals surface area contributed by atoms with Crippen LogP contribution >= 0.6 is 0 Å². The highest BCUT2D eigenvalue weighted by atomic mass is 16.5. The Kier molecular flexibility index (Phi) is 3.73. The van der Waals surface area contributed by atoms with E-state index < -0.39 is 5.97 Å². The van der Waals surface area contributed by atoms with Gasteiger partial charge in [-0.3, -0.25) is 0 Å². The van der Waals surface area contributed by atoms with Gasteiger partial charge in [0.2, 0.25) is 5.76 Å². The quantitative estimate of drug-likeness (QED) is 0.517. The molecule has 0 aliphatic carbocycles. The summed E-state index contributed by atoms with van der Waals surface area (Å²) in [6, 6.07) is 16.8. The number of esters is 1. The number of para-hydroxylation sites is 1. The molecule has 3 nitrogen and oxygen atoms in total. The number of carbonyl (C=O) groups is 1. The van der Waals surface area contributed by atoms with Crippen LogP contribution < -0.4 is 4.74 Å². The number of carbonyl (C=O) groups excluding carboxylic acids is 1. The fourth-order valence-corrected chi connectivity index (χ4v) is 2.25. The molecule has 0 atom stereocenters. The first-order valence-corrected chi connectivity index (χ1v) is 7.06. The molecular formula is C18H16O3. The Hall–Kier alpha value is -2.55. The van der Waals surface area contributed by atoms with Crippen LogP contribution in [0.3, 0.4) is 0 Å². The molecule has 0 saturated heterocycles. The Labute approximate surface area is 123 Å². The van der Waals surface area contributed by atoms with Crippen LogP contribution in [0.5, 0.6) is 5.75 Å². The van der Waals surface area contributed by atoms with Crippen LogP contribution in [0.4, 0.5) is 0 Å². The summed E-state index contributed by atoms with van der Waals surface area (Å²) >= 11 is 0. The molecule has 3 heteroatoms. The molecule has 3 aromatic rings. The monoisotopic (exact) mass is 280 g/mol. The van der Waals surface area contributed by atoms with Crippen molar-refractivity contribution in [2.24, 2.45) is 0 Å². The number of ether oxygens (including phenoxy) is 1. The number of rotatable bonds is 4. The van der Waals surface area contributed by atoms with E-state index in [0.29, 0.717) is 11.3 Å². The molecule has 0 unspecified atom stereocenters. The first-order chi connectivity index (χ1) is 10.3. The van der Waals surface area contributed by atoms with Crippen molar-refractivity contribution >= 4 is 16.9 Å². The number of hydrogen-bond acceptors (Lipinski definition) is 3. The highest BCUT2D eigenvalue weighted by molar-refractivity contribution is 5.93. The molecular weight excluding hydrogens is 264 g/mol. The summed E-state index contributed by atoms with van der Waals surface area (Å²) in [6.45, 7) is 2.13. The van der Waals surface area contributed by atoms with Crippen molar-refractivity contribution < 1.29 is 13.9 Å². The Morgan fingerprint density at radius 3 is 2.57 bits per heavy atom. The van der Waals surface area contributed by atoms with Crippen molar-refractivity contribution in [3.63, 3.8) is 0 Å². The molecule has 0 radical (unpaired) electrons. The molecule has 106 valence electrons. The van der Waals surface area contributed by atoms with Gasteiger partial charge >= 0.3 is 5.97 Å². The second-order valence-electron chi connectivity index (χ2n) is 4.93. The van der Waals surface area contributed by atoms with E-state index in [1.54, 1.807) is 6.07 Å². The van der Waals surface area contributed by atoms with Crippen molar-refractivity contribution in [2.75, 3.05) is 0 Å². The van der Waals surface area contributed by atoms with Crippen molar-refractivity contribution in [1.82, 2.24) is 0 Å². The Bertz CT molecular complexity index is 720. The van der Waals surface area contributed by atoms with E-state index in [9.17, 15) is 4.79 Å². The normalized spacial score (nSPS) is 10.7. The average Bonchev–Trinajstić information content (AvgIpc) is 2.94. The van der Waals surface area contributed by atoms with Gasteiger partial charge in [0.1, 0.15) is 11.3 Å². The lowest BCUT2D eigenvalue weighted by Gasteiger charge is -2.03. The molecule has 3 rings (SSSR count). The van der Waals surface area contributed by atoms with Gasteiger partial charge in [-0.15, -0.1) is 0 Å². The molecule has 0 aliphatic heterocycles. The number of fused-ring (bicyclic) bond motifs is 1. The third kappa shape index (κ3) is 2.97. The minimum Gasteiger partial charge on any atom is -0.449 e. The summed E-state index contributed by atoms with van der Waals surface area (Å²) < 4.78 is 10.8. The summed E-state index contributed by atoms with van der Waals surface area (Å²) in [5.74, 6) is 0.267. The van der Waals surface area contributed by atoms with Crippen molar-refractivity contribution in [3.05, 3.63) is 65.9 Å². The molecule has 0 spiro atoms. The first-order valence-electron chi connectivity index (χ1n) is 7.06. The largest absolute Gasteiger partial charge is 0.449 e. The van der Waals surface area contributed by atoms with E-state index in [4.69, 9.17) is 9.15 Å². The van der Waals surface area contributed by atoms with E-state index in [1.807, 2.05) is 48.5 Å². The molecule has 0 saturated carbocycles. The van der Waals surface area contributed by atoms with Crippen LogP contribution in [-0.2, 0) is 6.42 Å². The maximum absolute atomic E-state index is 12.1. The molecule has 1 heterocycles. The van der Waals surface area contributed by atoms with Gasteiger partial charge in [0.05, 0.1) is 0 Å². The standard InChI is InChI=1S/C18H16O3/c1-2-5-13-8-10-15(11-9-13)20-18(19)17-12-14-6-3-4-7-16(14)21-17/h3-4,6-12H,2,5H2,1H3. The SMILES string of the molecule is CCCc1ccc(OC(=O)c2cc3ccccc3o2)cc1. The molecule has 0 N–H and O–H groups in total.